The number of allylic oxidation sites excluding steroid dienone is 4. The Morgan fingerprint density at radius 2 is 1.62 bits per heavy atom. The first-order valence-corrected chi connectivity index (χ1v) is 13.3. The van der Waals surface area contributed by atoms with Gasteiger partial charge in [-0.05, 0) is 85.2 Å². The number of fused-ring (bicyclic) bond motifs is 7. The number of hydrogen-bond donors (Lipinski definition) is 0. The molecule has 0 saturated heterocycles. The molecule has 0 aromatic heterocycles. The van der Waals surface area contributed by atoms with Gasteiger partial charge >= 0.3 is 5.97 Å². The van der Waals surface area contributed by atoms with Gasteiger partial charge in [0.05, 0.1) is 12.5 Å². The van der Waals surface area contributed by atoms with E-state index in [1.54, 1.807) is 6.08 Å². The van der Waals surface area contributed by atoms with E-state index >= 15 is 0 Å². The van der Waals surface area contributed by atoms with Crippen LogP contribution in [0.5, 0.6) is 0 Å². The van der Waals surface area contributed by atoms with E-state index in [-0.39, 0.29) is 62.9 Å². The van der Waals surface area contributed by atoms with Gasteiger partial charge in [0.25, 0.3) is 0 Å². The molecule has 4 heteroatoms. The first-order valence-electron chi connectivity index (χ1n) is 13.3. The summed E-state index contributed by atoms with van der Waals surface area (Å²) >= 11 is 0. The maximum Gasteiger partial charge on any atom is 0.312 e. The minimum absolute atomic E-state index is 0.0116. The van der Waals surface area contributed by atoms with E-state index in [2.05, 4.69) is 47.6 Å². The first kappa shape index (κ1) is 24.0. The van der Waals surface area contributed by atoms with Crippen LogP contribution in [0.25, 0.3) is 0 Å². The molecule has 3 fully saturated rings. The first-order chi connectivity index (χ1) is 15.8. The van der Waals surface area contributed by atoms with Crippen LogP contribution in [0.1, 0.15) is 86.5 Å². The van der Waals surface area contributed by atoms with Gasteiger partial charge in [-0.15, -0.1) is 0 Å². The van der Waals surface area contributed by atoms with Crippen LogP contribution in [0, 0.1) is 50.7 Å². The van der Waals surface area contributed by atoms with E-state index in [0.29, 0.717) is 0 Å². The van der Waals surface area contributed by atoms with E-state index in [9.17, 15) is 14.4 Å². The molecule has 0 bridgehead atoms. The molecule has 0 spiro atoms. The second-order valence-corrected chi connectivity index (χ2v) is 13.8. The molecule has 4 nitrogen and oxygen atoms in total. The van der Waals surface area contributed by atoms with Crippen LogP contribution in [-0.2, 0) is 19.1 Å². The number of carbonyl (C=O) groups is 3. The fourth-order valence-electron chi connectivity index (χ4n) is 9.56. The topological polar surface area (TPSA) is 60.4 Å². The fourth-order valence-corrected chi connectivity index (χ4v) is 9.56. The molecule has 0 amide bonds. The highest BCUT2D eigenvalue weighted by atomic mass is 16.5. The highest BCUT2D eigenvalue weighted by Crippen LogP contribution is 2.73. The molecular formula is C30H42O4. The third-order valence-corrected chi connectivity index (χ3v) is 11.9. The van der Waals surface area contributed by atoms with E-state index in [1.807, 2.05) is 6.08 Å². The molecule has 0 aromatic carbocycles. The minimum Gasteiger partial charge on any atom is -0.469 e. The average Bonchev–Trinajstić information content (AvgIpc) is 2.77. The summed E-state index contributed by atoms with van der Waals surface area (Å²) in [5.74, 6) is 0.370. The van der Waals surface area contributed by atoms with Crippen LogP contribution in [0.2, 0.25) is 0 Å². The quantitative estimate of drug-likeness (QED) is 0.438. The molecule has 5 rings (SSSR count). The van der Waals surface area contributed by atoms with Crippen LogP contribution in [-0.4, -0.2) is 24.6 Å². The van der Waals surface area contributed by atoms with Crippen LogP contribution < -0.4 is 0 Å². The van der Waals surface area contributed by atoms with Crippen molar-refractivity contribution in [3.8, 4) is 0 Å². The lowest BCUT2D eigenvalue weighted by Gasteiger charge is -2.68. The number of methoxy groups -OCH3 is 1. The molecule has 0 aromatic rings. The van der Waals surface area contributed by atoms with Gasteiger partial charge in [0, 0.05) is 17.3 Å². The Labute approximate surface area is 205 Å². The maximum atomic E-state index is 14.2. The summed E-state index contributed by atoms with van der Waals surface area (Å²) in [5.41, 5.74) is 0.181. The number of rotatable bonds is 1. The third kappa shape index (κ3) is 2.80. The van der Waals surface area contributed by atoms with E-state index in [0.717, 1.165) is 44.9 Å². The second kappa shape index (κ2) is 7.17. The largest absolute Gasteiger partial charge is 0.469 e. The average molecular weight is 467 g/mol. The van der Waals surface area contributed by atoms with E-state index in [1.165, 1.54) is 12.7 Å². The molecule has 0 aliphatic heterocycles. The van der Waals surface area contributed by atoms with Gasteiger partial charge in [-0.1, -0.05) is 53.2 Å². The standard InChI is InChI=1S/C30H42O4/c1-18-19-8-11-28(5)23(27(19,4)10-9-21(18)31)16-22(32)24-20-17-26(2,3)12-14-30(20,25(33)34-7)15-13-29(24,28)6/h9-10,16,18-20,24H,8,11-15,17H2,1-7H3. The summed E-state index contributed by atoms with van der Waals surface area (Å²) in [5, 5.41) is 0. The lowest BCUT2D eigenvalue weighted by molar-refractivity contribution is -0.190. The zero-order chi connectivity index (χ0) is 24.9. The van der Waals surface area contributed by atoms with Gasteiger partial charge in [-0.25, -0.2) is 0 Å². The third-order valence-electron chi connectivity index (χ3n) is 11.9. The Kier molecular flexibility index (Phi) is 5.06. The van der Waals surface area contributed by atoms with Crippen molar-refractivity contribution in [1.82, 2.24) is 0 Å². The summed E-state index contributed by atoms with van der Waals surface area (Å²) in [4.78, 5) is 40.0. The Morgan fingerprint density at radius 1 is 0.941 bits per heavy atom. The van der Waals surface area contributed by atoms with E-state index < -0.39 is 5.41 Å². The molecule has 8 unspecified atom stereocenters. The summed E-state index contributed by atoms with van der Waals surface area (Å²) in [6, 6.07) is 0. The zero-order valence-corrected chi connectivity index (χ0v) is 22.1. The smallest absolute Gasteiger partial charge is 0.312 e. The molecule has 3 saturated carbocycles. The number of esters is 1. The van der Waals surface area contributed by atoms with Crippen LogP contribution in [0.15, 0.2) is 23.8 Å². The Morgan fingerprint density at radius 3 is 2.29 bits per heavy atom. The highest BCUT2D eigenvalue weighted by molar-refractivity contribution is 5.97. The van der Waals surface area contributed by atoms with Crippen LogP contribution >= 0.6 is 0 Å². The molecule has 5 aliphatic rings. The van der Waals surface area contributed by atoms with Gasteiger partial charge in [0.2, 0.25) is 0 Å². The van der Waals surface area contributed by atoms with Gasteiger partial charge < -0.3 is 4.74 Å². The number of hydrogen-bond acceptors (Lipinski definition) is 4. The van der Waals surface area contributed by atoms with Crippen LogP contribution in [0.4, 0.5) is 0 Å². The SMILES string of the molecule is COC(=O)C12CCC(C)(C)CC1C1C(=O)C=C3C4(C)C=CC(=O)C(C)C4CCC3(C)C1(C)CC2. The van der Waals surface area contributed by atoms with E-state index in [4.69, 9.17) is 4.74 Å². The molecule has 186 valence electrons. The Bertz CT molecular complexity index is 1020. The second-order valence-electron chi connectivity index (χ2n) is 13.8. The van der Waals surface area contributed by atoms with Crippen molar-refractivity contribution in [2.24, 2.45) is 50.7 Å². The van der Waals surface area contributed by atoms with Crippen molar-refractivity contribution >= 4 is 17.5 Å². The number of ketones is 2. The van der Waals surface area contributed by atoms with Crippen LogP contribution in [0.3, 0.4) is 0 Å². The molecule has 34 heavy (non-hydrogen) atoms. The van der Waals surface area contributed by atoms with Gasteiger partial charge in [-0.2, -0.15) is 0 Å². The molecular weight excluding hydrogens is 424 g/mol. The number of carbonyl (C=O) groups excluding carboxylic acids is 3. The van der Waals surface area contributed by atoms with Crippen molar-refractivity contribution in [2.45, 2.75) is 86.5 Å². The van der Waals surface area contributed by atoms with Crippen molar-refractivity contribution < 1.29 is 19.1 Å². The summed E-state index contributed by atoms with van der Waals surface area (Å²) in [7, 11) is 1.50. The summed E-state index contributed by atoms with van der Waals surface area (Å²) < 4.78 is 5.40. The highest BCUT2D eigenvalue weighted by Gasteiger charge is 2.70. The van der Waals surface area contributed by atoms with Gasteiger partial charge in [0.1, 0.15) is 0 Å². The van der Waals surface area contributed by atoms with Crippen molar-refractivity contribution in [3.63, 3.8) is 0 Å². The zero-order valence-electron chi connectivity index (χ0n) is 22.1. The predicted molar refractivity (Wildman–Crippen MR) is 132 cm³/mol. The molecule has 5 aliphatic carbocycles. The van der Waals surface area contributed by atoms with Gasteiger partial charge in [0.15, 0.2) is 11.6 Å². The Hall–Kier alpha value is -1.71. The molecule has 0 radical (unpaired) electrons. The fraction of sp³-hybridized carbons (Fsp3) is 0.767. The van der Waals surface area contributed by atoms with Crippen molar-refractivity contribution in [2.75, 3.05) is 7.11 Å². The number of ether oxygens (including phenoxy) is 1. The van der Waals surface area contributed by atoms with Crippen molar-refractivity contribution in [1.29, 1.82) is 0 Å². The normalized spacial score (nSPS) is 49.2. The summed E-state index contributed by atoms with van der Waals surface area (Å²) in [6.45, 7) is 13.6. The van der Waals surface area contributed by atoms with Gasteiger partial charge in [-0.3, -0.25) is 14.4 Å². The lowest BCUT2D eigenvalue weighted by atomic mass is 9.35. The predicted octanol–water partition coefficient (Wildman–Crippen LogP) is 6.10. The maximum absolute atomic E-state index is 14.2. The summed E-state index contributed by atoms with van der Waals surface area (Å²) in [6.07, 6.45) is 12.2. The monoisotopic (exact) mass is 466 g/mol. The minimum atomic E-state index is -0.543. The van der Waals surface area contributed by atoms with Crippen molar-refractivity contribution in [3.05, 3.63) is 23.8 Å². The lowest BCUT2D eigenvalue weighted by Crippen LogP contribution is -2.65. The molecule has 0 N–H and O–H groups in total. The molecule has 8 atom stereocenters. The molecule has 0 heterocycles. The Balaban J connectivity index is 1.67.